The first-order valence-corrected chi connectivity index (χ1v) is 13.7. The third kappa shape index (κ3) is 4.90. The zero-order valence-electron chi connectivity index (χ0n) is 24.4. The van der Waals surface area contributed by atoms with Crippen LogP contribution >= 0.6 is 0 Å². The largest absolute Gasteiger partial charge is 0.496 e. The molecule has 3 aliphatic heterocycles. The average Bonchev–Trinajstić information content (AvgIpc) is 2.83. The normalized spacial score (nSPS) is 22.8. The molecule has 0 N–H and O–H groups in total. The molecule has 2 aromatic carbocycles. The molecule has 210 valence electrons. The fraction of sp³-hybridized carbons (Fsp3) is 0.548. The van der Waals surface area contributed by atoms with Crippen molar-refractivity contribution in [3.63, 3.8) is 0 Å². The number of hydrogen-bond donors (Lipinski definition) is 0. The number of carbonyl (C=O) groups is 2. The first kappa shape index (κ1) is 27.2. The van der Waals surface area contributed by atoms with Gasteiger partial charge in [-0.15, -0.1) is 0 Å². The van der Waals surface area contributed by atoms with E-state index in [1.165, 1.54) is 0 Å². The predicted molar refractivity (Wildman–Crippen MR) is 148 cm³/mol. The second-order valence-electron chi connectivity index (χ2n) is 12.5. The van der Waals surface area contributed by atoms with Crippen LogP contribution < -0.4 is 18.9 Å². The van der Waals surface area contributed by atoms with Crippen LogP contribution in [0.3, 0.4) is 0 Å². The number of fused-ring (bicyclic) bond motifs is 2. The summed E-state index contributed by atoms with van der Waals surface area (Å²) >= 11 is 0. The molecule has 1 unspecified atom stereocenters. The maximum Gasteiger partial charge on any atom is 0.415 e. The van der Waals surface area contributed by atoms with Gasteiger partial charge in [-0.3, -0.25) is 4.79 Å². The smallest absolute Gasteiger partial charge is 0.415 e. The Bertz CT molecular complexity index is 1320. The van der Waals surface area contributed by atoms with Crippen LogP contribution in [0.25, 0.3) is 0 Å². The molecule has 1 saturated heterocycles. The van der Waals surface area contributed by atoms with Gasteiger partial charge in [0.25, 0.3) is 5.79 Å². The molecular formula is C31H40N2O6. The van der Waals surface area contributed by atoms with Gasteiger partial charge >= 0.3 is 6.09 Å². The topological polar surface area (TPSA) is 77.5 Å². The Kier molecular flexibility index (Phi) is 6.51. The Morgan fingerprint density at radius 3 is 1.72 bits per heavy atom. The molecule has 1 fully saturated rings. The van der Waals surface area contributed by atoms with Gasteiger partial charge in [-0.25, -0.2) is 4.79 Å². The lowest BCUT2D eigenvalue weighted by Gasteiger charge is -2.51. The summed E-state index contributed by atoms with van der Waals surface area (Å²) in [6, 6.07) is 8.04. The third-order valence-corrected chi connectivity index (χ3v) is 8.43. The minimum atomic E-state index is -0.824. The van der Waals surface area contributed by atoms with Crippen molar-refractivity contribution in [2.75, 3.05) is 33.3 Å². The number of nitrogens with zero attached hydrogens (tertiary/aromatic N) is 2. The van der Waals surface area contributed by atoms with E-state index in [0.717, 1.165) is 39.5 Å². The molecule has 1 atom stereocenters. The van der Waals surface area contributed by atoms with Crippen molar-refractivity contribution in [1.29, 1.82) is 0 Å². The van der Waals surface area contributed by atoms with Crippen molar-refractivity contribution in [3.8, 4) is 23.0 Å². The molecule has 0 bridgehead atoms. The van der Waals surface area contributed by atoms with Crippen LogP contribution in [0.1, 0.15) is 69.7 Å². The Balaban J connectivity index is 1.41. The van der Waals surface area contributed by atoms with Crippen molar-refractivity contribution in [2.24, 2.45) is 0 Å². The van der Waals surface area contributed by atoms with E-state index in [0.29, 0.717) is 44.8 Å². The minimum Gasteiger partial charge on any atom is -0.496 e. The summed E-state index contributed by atoms with van der Waals surface area (Å²) in [5.74, 6) is 2.17. The standard InChI is InChI=1S/C31H40N2O6/c1-19-13-26-22(15-24(19)36-8)29(4,5)17-31(38-26)18-30(6,7)23-16-25(20(2)14-27(23)39-31)37-28(35)33-11-9-32(10-12-33)21(3)34/h13-16H,9-12,17-18H2,1-8H3. The number of rotatable bonds is 2. The second kappa shape index (κ2) is 9.35. The molecule has 2 aromatic rings. The quantitative estimate of drug-likeness (QED) is 0.505. The Morgan fingerprint density at radius 1 is 0.769 bits per heavy atom. The van der Waals surface area contributed by atoms with Gasteiger partial charge in [0.2, 0.25) is 5.91 Å². The highest BCUT2D eigenvalue weighted by molar-refractivity contribution is 5.75. The fourth-order valence-electron chi connectivity index (χ4n) is 6.41. The lowest BCUT2D eigenvalue weighted by Crippen LogP contribution is -2.55. The average molecular weight is 537 g/mol. The maximum absolute atomic E-state index is 13.0. The molecular weight excluding hydrogens is 496 g/mol. The number of hydrogen-bond acceptors (Lipinski definition) is 6. The van der Waals surface area contributed by atoms with Crippen LogP contribution in [0.15, 0.2) is 24.3 Å². The summed E-state index contributed by atoms with van der Waals surface area (Å²) in [5.41, 5.74) is 3.44. The van der Waals surface area contributed by atoms with Gasteiger partial charge in [0.05, 0.1) is 7.11 Å². The lowest BCUT2D eigenvalue weighted by atomic mass is 9.69. The highest BCUT2D eigenvalue weighted by Gasteiger charge is 2.53. The van der Waals surface area contributed by atoms with Crippen LogP contribution in [0.2, 0.25) is 0 Å². The summed E-state index contributed by atoms with van der Waals surface area (Å²) in [5, 5.41) is 0. The van der Waals surface area contributed by atoms with E-state index in [1.54, 1.807) is 23.8 Å². The van der Waals surface area contributed by atoms with E-state index in [2.05, 4.69) is 33.8 Å². The molecule has 8 nitrogen and oxygen atoms in total. The van der Waals surface area contributed by atoms with Crippen molar-refractivity contribution in [1.82, 2.24) is 9.80 Å². The van der Waals surface area contributed by atoms with E-state index in [1.807, 2.05) is 32.0 Å². The molecule has 0 aliphatic carbocycles. The Hall–Kier alpha value is -3.42. The van der Waals surface area contributed by atoms with Gasteiger partial charge in [0.1, 0.15) is 23.0 Å². The molecule has 1 spiro atoms. The van der Waals surface area contributed by atoms with Gasteiger partial charge in [-0.05, 0) is 49.2 Å². The van der Waals surface area contributed by atoms with Crippen LogP contribution in [0.4, 0.5) is 4.79 Å². The summed E-state index contributed by atoms with van der Waals surface area (Å²) in [4.78, 5) is 28.0. The lowest BCUT2D eigenvalue weighted by molar-refractivity contribution is -0.166. The van der Waals surface area contributed by atoms with Crippen LogP contribution in [-0.4, -0.2) is 60.9 Å². The number of benzene rings is 2. The summed E-state index contributed by atoms with van der Waals surface area (Å²) in [6.07, 6.45) is 0.932. The third-order valence-electron chi connectivity index (χ3n) is 8.43. The highest BCUT2D eigenvalue weighted by Crippen LogP contribution is 2.55. The van der Waals surface area contributed by atoms with Gasteiger partial charge in [0, 0.05) is 67.9 Å². The predicted octanol–water partition coefficient (Wildman–Crippen LogP) is 5.49. The van der Waals surface area contributed by atoms with Crippen molar-refractivity contribution >= 4 is 12.0 Å². The second-order valence-corrected chi connectivity index (χ2v) is 12.5. The molecule has 5 rings (SSSR count). The Morgan fingerprint density at radius 2 is 1.23 bits per heavy atom. The van der Waals surface area contributed by atoms with Gasteiger partial charge in [-0.1, -0.05) is 27.7 Å². The minimum absolute atomic E-state index is 0.0252. The van der Waals surface area contributed by atoms with Crippen LogP contribution in [0, 0.1) is 13.8 Å². The van der Waals surface area contributed by atoms with Crippen LogP contribution in [0.5, 0.6) is 23.0 Å². The van der Waals surface area contributed by atoms with Crippen molar-refractivity contribution in [2.45, 2.75) is 77.9 Å². The first-order chi connectivity index (χ1) is 18.2. The van der Waals surface area contributed by atoms with Gasteiger partial charge in [0.15, 0.2) is 0 Å². The molecule has 3 heterocycles. The summed E-state index contributed by atoms with van der Waals surface area (Å²) < 4.78 is 24.9. The molecule has 0 radical (unpaired) electrons. The maximum atomic E-state index is 13.0. The first-order valence-electron chi connectivity index (χ1n) is 13.7. The zero-order valence-corrected chi connectivity index (χ0v) is 24.4. The number of methoxy groups -OCH3 is 1. The SMILES string of the molecule is COc1cc2c(cc1C)OC1(CC2(C)C)CC(C)(C)c2cc(OC(=O)N3CCN(C(C)=O)CC3)c(C)cc2O1. The van der Waals surface area contributed by atoms with E-state index >= 15 is 0 Å². The highest BCUT2D eigenvalue weighted by atomic mass is 16.7. The zero-order chi connectivity index (χ0) is 28.3. The summed E-state index contributed by atoms with van der Waals surface area (Å²) in [6.45, 7) is 16.3. The number of ether oxygens (including phenoxy) is 4. The molecule has 0 aromatic heterocycles. The molecule has 8 heteroatoms. The molecule has 2 amide bonds. The van der Waals surface area contributed by atoms with E-state index in [-0.39, 0.29) is 16.7 Å². The van der Waals surface area contributed by atoms with Gasteiger partial charge < -0.3 is 28.7 Å². The van der Waals surface area contributed by atoms with Crippen molar-refractivity contribution in [3.05, 3.63) is 46.5 Å². The Labute approximate surface area is 231 Å². The number of aryl methyl sites for hydroxylation is 2. The number of carbonyl (C=O) groups excluding carboxylic acids is 2. The number of amides is 2. The molecule has 0 saturated carbocycles. The van der Waals surface area contributed by atoms with Crippen LogP contribution in [-0.2, 0) is 15.6 Å². The van der Waals surface area contributed by atoms with Gasteiger partial charge in [-0.2, -0.15) is 0 Å². The fourth-order valence-corrected chi connectivity index (χ4v) is 6.41. The summed E-state index contributed by atoms with van der Waals surface area (Å²) in [7, 11) is 1.69. The molecule has 39 heavy (non-hydrogen) atoms. The van der Waals surface area contributed by atoms with E-state index in [9.17, 15) is 9.59 Å². The monoisotopic (exact) mass is 536 g/mol. The van der Waals surface area contributed by atoms with E-state index < -0.39 is 11.9 Å². The number of piperazine rings is 1. The van der Waals surface area contributed by atoms with E-state index in [4.69, 9.17) is 18.9 Å². The molecule has 3 aliphatic rings. The van der Waals surface area contributed by atoms with Crippen molar-refractivity contribution < 1.29 is 28.5 Å².